The number of aryl methyl sites for hydroxylation is 1. The van der Waals surface area contributed by atoms with Crippen molar-refractivity contribution in [3.8, 4) is 0 Å². The van der Waals surface area contributed by atoms with Gasteiger partial charge in [0, 0.05) is 32.3 Å². The maximum Gasteiger partial charge on any atom is 0.0726 e. The summed E-state index contributed by atoms with van der Waals surface area (Å²) < 4.78 is 5.70. The molecule has 2 rings (SSSR count). The van der Waals surface area contributed by atoms with Crippen LogP contribution in [0.4, 0.5) is 0 Å². The summed E-state index contributed by atoms with van der Waals surface area (Å²) >= 11 is 0. The van der Waals surface area contributed by atoms with Crippen molar-refractivity contribution in [1.29, 1.82) is 0 Å². The van der Waals surface area contributed by atoms with Crippen LogP contribution in [0.3, 0.4) is 0 Å². The topological polar surface area (TPSA) is 24.5 Å². The lowest BCUT2D eigenvalue weighted by molar-refractivity contribution is 0.0829. The smallest absolute Gasteiger partial charge is 0.0726 e. The Morgan fingerprint density at radius 3 is 2.75 bits per heavy atom. The van der Waals surface area contributed by atoms with Crippen LogP contribution in [0.2, 0.25) is 0 Å². The first-order chi connectivity index (χ1) is 9.65. The first kappa shape index (κ1) is 15.5. The van der Waals surface area contributed by atoms with E-state index in [0.717, 1.165) is 26.2 Å². The van der Waals surface area contributed by atoms with Crippen molar-refractivity contribution in [2.75, 3.05) is 26.7 Å². The van der Waals surface area contributed by atoms with Gasteiger partial charge in [0.05, 0.1) is 6.10 Å². The lowest BCUT2D eigenvalue weighted by atomic mass is 10.1. The summed E-state index contributed by atoms with van der Waals surface area (Å²) in [6, 6.07) is 9.26. The number of hydrogen-bond acceptors (Lipinski definition) is 3. The zero-order chi connectivity index (χ0) is 14.4. The molecule has 0 radical (unpaired) electrons. The Labute approximate surface area is 123 Å². The minimum absolute atomic E-state index is 0.414. The molecule has 1 N–H and O–H groups in total. The summed E-state index contributed by atoms with van der Waals surface area (Å²) in [4.78, 5) is 2.36. The molecule has 1 aliphatic heterocycles. The van der Waals surface area contributed by atoms with Gasteiger partial charge in [0.2, 0.25) is 0 Å². The van der Waals surface area contributed by atoms with Crippen LogP contribution < -0.4 is 5.32 Å². The van der Waals surface area contributed by atoms with Crippen LogP contribution in [-0.2, 0) is 11.3 Å². The van der Waals surface area contributed by atoms with Crippen molar-refractivity contribution in [2.45, 2.75) is 45.4 Å². The minimum atomic E-state index is 0.414. The van der Waals surface area contributed by atoms with E-state index < -0.39 is 0 Å². The van der Waals surface area contributed by atoms with Crippen LogP contribution in [0, 0.1) is 6.92 Å². The second kappa shape index (κ2) is 7.77. The summed E-state index contributed by atoms with van der Waals surface area (Å²) in [5, 5.41) is 3.58. The van der Waals surface area contributed by atoms with Gasteiger partial charge in [-0.2, -0.15) is 0 Å². The molecular formula is C17H28N2O. The van der Waals surface area contributed by atoms with E-state index >= 15 is 0 Å². The van der Waals surface area contributed by atoms with Crippen molar-refractivity contribution >= 4 is 0 Å². The zero-order valence-corrected chi connectivity index (χ0v) is 13.1. The van der Waals surface area contributed by atoms with Gasteiger partial charge in [0.15, 0.2) is 0 Å². The molecule has 20 heavy (non-hydrogen) atoms. The molecule has 0 saturated carbocycles. The maximum atomic E-state index is 5.70. The van der Waals surface area contributed by atoms with Crippen LogP contribution >= 0.6 is 0 Å². The molecule has 2 unspecified atom stereocenters. The Morgan fingerprint density at radius 2 is 2.10 bits per heavy atom. The number of likely N-dealkylation sites (N-methyl/N-ethyl adjacent to an activating group) is 1. The van der Waals surface area contributed by atoms with Gasteiger partial charge in [0.25, 0.3) is 0 Å². The summed E-state index contributed by atoms with van der Waals surface area (Å²) in [6.45, 7) is 8.38. The average Bonchev–Trinajstić information content (AvgIpc) is 2.95. The number of nitrogens with one attached hydrogen (secondary N) is 1. The average molecular weight is 276 g/mol. The standard InChI is InChI=1S/C17H28N2O/c1-14-6-8-16(9-7-14)13-19(3)11-10-18-15(2)17-5-4-12-20-17/h6-9,15,17-18H,4-5,10-13H2,1-3H3. The van der Waals surface area contributed by atoms with Gasteiger partial charge in [0.1, 0.15) is 0 Å². The van der Waals surface area contributed by atoms with E-state index in [1.807, 2.05) is 0 Å². The fraction of sp³-hybridized carbons (Fsp3) is 0.647. The molecule has 1 aromatic carbocycles. The quantitative estimate of drug-likeness (QED) is 0.828. The van der Waals surface area contributed by atoms with Gasteiger partial charge >= 0.3 is 0 Å². The molecule has 0 spiro atoms. The van der Waals surface area contributed by atoms with Crippen molar-refractivity contribution < 1.29 is 4.74 Å². The van der Waals surface area contributed by atoms with E-state index in [4.69, 9.17) is 4.74 Å². The number of ether oxygens (including phenoxy) is 1. The molecule has 0 aliphatic carbocycles. The van der Waals surface area contributed by atoms with Gasteiger partial charge in [-0.1, -0.05) is 29.8 Å². The van der Waals surface area contributed by atoms with Crippen molar-refractivity contribution in [3.05, 3.63) is 35.4 Å². The molecule has 0 bridgehead atoms. The third-order valence-corrected chi connectivity index (χ3v) is 4.06. The molecule has 0 aromatic heterocycles. The Bertz CT molecular complexity index is 384. The molecule has 112 valence electrons. The molecule has 1 aromatic rings. The molecule has 1 saturated heterocycles. The second-order valence-electron chi connectivity index (χ2n) is 6.02. The first-order valence-electron chi connectivity index (χ1n) is 7.74. The fourth-order valence-electron chi connectivity index (χ4n) is 2.70. The van der Waals surface area contributed by atoms with Crippen LogP contribution in [0.1, 0.15) is 30.9 Å². The Hall–Kier alpha value is -0.900. The number of benzene rings is 1. The largest absolute Gasteiger partial charge is 0.377 e. The van der Waals surface area contributed by atoms with Crippen molar-refractivity contribution in [1.82, 2.24) is 10.2 Å². The molecule has 1 fully saturated rings. The highest BCUT2D eigenvalue weighted by molar-refractivity contribution is 5.21. The number of nitrogens with zero attached hydrogens (tertiary/aromatic N) is 1. The summed E-state index contributed by atoms with van der Waals surface area (Å²) in [7, 11) is 2.18. The Balaban J connectivity index is 1.64. The number of hydrogen-bond donors (Lipinski definition) is 1. The third-order valence-electron chi connectivity index (χ3n) is 4.06. The predicted octanol–water partition coefficient (Wildman–Crippen LogP) is 2.58. The lowest BCUT2D eigenvalue weighted by Gasteiger charge is -2.22. The molecule has 3 nitrogen and oxygen atoms in total. The monoisotopic (exact) mass is 276 g/mol. The lowest BCUT2D eigenvalue weighted by Crippen LogP contribution is -2.40. The van der Waals surface area contributed by atoms with Crippen molar-refractivity contribution in [3.63, 3.8) is 0 Å². The SMILES string of the molecule is Cc1ccc(CN(C)CCNC(C)C2CCCO2)cc1. The van der Waals surface area contributed by atoms with E-state index in [9.17, 15) is 0 Å². The van der Waals surface area contributed by atoms with Crippen LogP contribution in [0.5, 0.6) is 0 Å². The fourth-order valence-corrected chi connectivity index (χ4v) is 2.70. The van der Waals surface area contributed by atoms with Crippen molar-refractivity contribution in [2.24, 2.45) is 0 Å². The molecular weight excluding hydrogens is 248 g/mol. The Kier molecular flexibility index (Phi) is 6.02. The first-order valence-corrected chi connectivity index (χ1v) is 7.74. The van der Waals surface area contributed by atoms with Gasteiger partial charge in [-0.05, 0) is 39.3 Å². The predicted molar refractivity (Wildman–Crippen MR) is 84.0 cm³/mol. The van der Waals surface area contributed by atoms with E-state index in [1.165, 1.54) is 24.0 Å². The Morgan fingerprint density at radius 1 is 1.35 bits per heavy atom. The van der Waals surface area contributed by atoms with E-state index in [0.29, 0.717) is 12.1 Å². The highest BCUT2D eigenvalue weighted by Crippen LogP contribution is 2.15. The normalized spacial score (nSPS) is 20.5. The van der Waals surface area contributed by atoms with Crippen LogP contribution in [0.15, 0.2) is 24.3 Å². The van der Waals surface area contributed by atoms with Gasteiger partial charge < -0.3 is 15.0 Å². The molecule has 2 atom stereocenters. The van der Waals surface area contributed by atoms with E-state index in [2.05, 4.69) is 55.4 Å². The highest BCUT2D eigenvalue weighted by Gasteiger charge is 2.21. The van der Waals surface area contributed by atoms with Gasteiger partial charge in [-0.25, -0.2) is 0 Å². The van der Waals surface area contributed by atoms with Crippen LogP contribution in [-0.4, -0.2) is 43.8 Å². The molecule has 3 heteroatoms. The highest BCUT2D eigenvalue weighted by atomic mass is 16.5. The summed E-state index contributed by atoms with van der Waals surface area (Å²) in [5.74, 6) is 0. The summed E-state index contributed by atoms with van der Waals surface area (Å²) in [5.41, 5.74) is 2.70. The van der Waals surface area contributed by atoms with Crippen LogP contribution in [0.25, 0.3) is 0 Å². The van der Waals surface area contributed by atoms with E-state index in [1.54, 1.807) is 0 Å². The molecule has 1 heterocycles. The molecule has 0 amide bonds. The molecule has 1 aliphatic rings. The second-order valence-corrected chi connectivity index (χ2v) is 6.02. The maximum absolute atomic E-state index is 5.70. The zero-order valence-electron chi connectivity index (χ0n) is 13.1. The van der Waals surface area contributed by atoms with E-state index in [-0.39, 0.29) is 0 Å². The minimum Gasteiger partial charge on any atom is -0.377 e. The van der Waals surface area contributed by atoms with Gasteiger partial charge in [-0.3, -0.25) is 0 Å². The number of rotatable bonds is 7. The summed E-state index contributed by atoms with van der Waals surface area (Å²) in [6.07, 6.45) is 2.83. The van der Waals surface area contributed by atoms with Gasteiger partial charge in [-0.15, -0.1) is 0 Å². The third kappa shape index (κ3) is 4.89.